The summed E-state index contributed by atoms with van der Waals surface area (Å²) < 4.78 is 32.9. The van der Waals surface area contributed by atoms with Crippen LogP contribution in [0.25, 0.3) is 11.1 Å². The number of rotatable bonds is 5. The van der Waals surface area contributed by atoms with E-state index in [1.54, 1.807) is 44.3 Å². The van der Waals surface area contributed by atoms with E-state index in [0.29, 0.717) is 22.5 Å². The average Bonchev–Trinajstić information content (AvgIpc) is 2.74. The van der Waals surface area contributed by atoms with Gasteiger partial charge in [0.05, 0.1) is 0 Å². The van der Waals surface area contributed by atoms with Gasteiger partial charge < -0.3 is 16.0 Å². The van der Waals surface area contributed by atoms with Gasteiger partial charge in [-0.3, -0.25) is 14.1 Å². The minimum atomic E-state index is -4.37. The minimum absolute atomic E-state index is 0.0335. The number of carbonyl (C=O) groups excluding carboxylic acids is 2. The number of nitrogens with one attached hydrogen (secondary N) is 3. The molecule has 0 saturated heterocycles. The Morgan fingerprint density at radius 2 is 1.24 bits per heavy atom. The molecule has 0 aromatic heterocycles. The molecule has 2 amide bonds. The van der Waals surface area contributed by atoms with E-state index >= 15 is 0 Å². The summed E-state index contributed by atoms with van der Waals surface area (Å²) in [6, 6.07) is 17.6. The second kappa shape index (κ2) is 11.4. The number of hydrogen-bond acceptors (Lipinski definition) is 5. The van der Waals surface area contributed by atoms with Crippen molar-refractivity contribution >= 4 is 39.0 Å². The van der Waals surface area contributed by atoms with E-state index in [-0.39, 0.29) is 16.7 Å². The van der Waals surface area contributed by atoms with Crippen molar-refractivity contribution in [2.24, 2.45) is 0 Å². The summed E-state index contributed by atoms with van der Waals surface area (Å²) >= 11 is 0. The molecular weight excluding hydrogens is 454 g/mol. The van der Waals surface area contributed by atoms with E-state index in [9.17, 15) is 22.6 Å². The second-order valence-corrected chi connectivity index (χ2v) is 9.08. The highest BCUT2D eigenvalue weighted by Gasteiger charge is 2.18. The van der Waals surface area contributed by atoms with E-state index < -0.39 is 10.1 Å². The second-order valence-electron chi connectivity index (χ2n) is 7.69. The van der Waals surface area contributed by atoms with E-state index in [0.717, 1.165) is 11.3 Å². The Morgan fingerprint density at radius 3 is 1.74 bits per heavy atom. The maximum absolute atomic E-state index is 11.7. The van der Waals surface area contributed by atoms with Gasteiger partial charge >= 0.3 is 0 Å². The summed E-state index contributed by atoms with van der Waals surface area (Å²) in [5.74, 6) is -0.219. The smallest absolute Gasteiger partial charge is 0.295 e. The zero-order valence-corrected chi connectivity index (χ0v) is 20.6. The van der Waals surface area contributed by atoms with Crippen LogP contribution in [0.3, 0.4) is 0 Å². The summed E-state index contributed by atoms with van der Waals surface area (Å²) in [6.07, 6.45) is 0. The van der Waals surface area contributed by atoms with Crippen molar-refractivity contribution in [3.05, 3.63) is 71.8 Å². The third-order valence-electron chi connectivity index (χ3n) is 4.76. The zero-order valence-electron chi connectivity index (χ0n) is 19.8. The molecule has 34 heavy (non-hydrogen) atoms. The summed E-state index contributed by atoms with van der Waals surface area (Å²) in [6.45, 7) is 6.73. The van der Waals surface area contributed by atoms with E-state index in [1.165, 1.54) is 25.5 Å². The third-order valence-corrected chi connectivity index (χ3v) is 5.65. The van der Waals surface area contributed by atoms with Gasteiger partial charge in [0.1, 0.15) is 4.90 Å². The SMILES string of the molecule is CC(=O)Nc1ccc(C)cc1.CNc1ccc(-c2ccc(NC(C)=O)cc2C)c(S(=O)(=O)O)c1. The van der Waals surface area contributed by atoms with E-state index in [2.05, 4.69) is 16.0 Å². The largest absolute Gasteiger partial charge is 0.388 e. The molecule has 0 spiro atoms. The third kappa shape index (κ3) is 7.72. The van der Waals surface area contributed by atoms with Gasteiger partial charge in [-0.1, -0.05) is 29.8 Å². The van der Waals surface area contributed by atoms with Crippen molar-refractivity contribution in [3.63, 3.8) is 0 Å². The molecule has 0 aliphatic heterocycles. The van der Waals surface area contributed by atoms with Gasteiger partial charge in [0.2, 0.25) is 11.8 Å². The molecule has 9 heteroatoms. The summed E-state index contributed by atoms with van der Waals surface area (Å²) in [4.78, 5) is 21.5. The lowest BCUT2D eigenvalue weighted by molar-refractivity contribution is -0.115. The molecule has 8 nitrogen and oxygen atoms in total. The van der Waals surface area contributed by atoms with Crippen LogP contribution in [0.2, 0.25) is 0 Å². The molecule has 0 saturated carbocycles. The summed E-state index contributed by atoms with van der Waals surface area (Å²) in [5.41, 5.74) is 5.08. The van der Waals surface area contributed by atoms with Crippen molar-refractivity contribution in [2.75, 3.05) is 23.0 Å². The van der Waals surface area contributed by atoms with Gasteiger partial charge in [0.25, 0.3) is 10.1 Å². The molecule has 3 aromatic rings. The monoisotopic (exact) mass is 483 g/mol. The number of aryl methyl sites for hydroxylation is 2. The van der Waals surface area contributed by atoms with Gasteiger partial charge in [0.15, 0.2) is 0 Å². The Labute approximate surface area is 200 Å². The van der Waals surface area contributed by atoms with Crippen LogP contribution >= 0.6 is 0 Å². The van der Waals surface area contributed by atoms with Crippen LogP contribution in [0.4, 0.5) is 17.1 Å². The molecular formula is C25H29N3O5S. The molecule has 0 bridgehead atoms. The maximum atomic E-state index is 11.7. The lowest BCUT2D eigenvalue weighted by atomic mass is 9.99. The van der Waals surface area contributed by atoms with Crippen LogP contribution in [0.1, 0.15) is 25.0 Å². The zero-order chi connectivity index (χ0) is 25.5. The number of carbonyl (C=O) groups is 2. The highest BCUT2D eigenvalue weighted by molar-refractivity contribution is 7.86. The number of amides is 2. The van der Waals surface area contributed by atoms with Gasteiger partial charge in [-0.2, -0.15) is 8.42 Å². The molecule has 0 aliphatic rings. The quantitative estimate of drug-likeness (QED) is 0.384. The van der Waals surface area contributed by atoms with Crippen molar-refractivity contribution in [3.8, 4) is 11.1 Å². The van der Waals surface area contributed by atoms with Crippen LogP contribution in [0.5, 0.6) is 0 Å². The molecule has 0 unspecified atom stereocenters. The summed E-state index contributed by atoms with van der Waals surface area (Å²) in [5, 5.41) is 8.20. The molecule has 0 fully saturated rings. The fourth-order valence-electron chi connectivity index (χ4n) is 3.20. The first kappa shape index (κ1) is 26.6. The van der Waals surface area contributed by atoms with Crippen molar-refractivity contribution in [1.82, 2.24) is 0 Å². The van der Waals surface area contributed by atoms with Gasteiger partial charge in [-0.05, 0) is 61.4 Å². The average molecular weight is 484 g/mol. The predicted octanol–water partition coefficient (Wildman–Crippen LogP) is 4.86. The minimum Gasteiger partial charge on any atom is -0.388 e. The molecule has 0 aliphatic carbocycles. The first-order chi connectivity index (χ1) is 15.9. The normalized spacial score (nSPS) is 10.5. The number of hydrogen-bond donors (Lipinski definition) is 4. The summed E-state index contributed by atoms with van der Waals surface area (Å²) in [7, 11) is -2.71. The molecule has 0 atom stereocenters. The fraction of sp³-hybridized carbons (Fsp3) is 0.200. The topological polar surface area (TPSA) is 125 Å². The van der Waals surface area contributed by atoms with E-state index in [4.69, 9.17) is 0 Å². The standard InChI is InChI=1S/C16H18N2O4S.C9H11NO/c1-10-8-13(18-11(2)19)5-6-14(10)15-7-4-12(17-3)9-16(15)23(20,21)22;1-7-3-5-9(6-4-7)10-8(2)11/h4-9,17H,1-3H3,(H,18,19)(H,20,21,22);3-6H,1-2H3,(H,10,11). The molecule has 0 heterocycles. The first-order valence-electron chi connectivity index (χ1n) is 10.4. The first-order valence-corrected chi connectivity index (χ1v) is 11.9. The van der Waals surface area contributed by atoms with Crippen LogP contribution in [-0.4, -0.2) is 31.8 Å². The Balaban J connectivity index is 0.000000310. The van der Waals surface area contributed by atoms with Crippen molar-refractivity contribution < 1.29 is 22.6 Å². The molecule has 4 N–H and O–H groups in total. The fourth-order valence-corrected chi connectivity index (χ4v) is 3.93. The predicted molar refractivity (Wildman–Crippen MR) is 136 cm³/mol. The van der Waals surface area contributed by atoms with Gasteiger partial charge in [0, 0.05) is 43.5 Å². The number of anilines is 3. The van der Waals surface area contributed by atoms with Crippen LogP contribution in [0.15, 0.2) is 65.6 Å². The molecule has 180 valence electrons. The lowest BCUT2D eigenvalue weighted by Crippen LogP contribution is -2.06. The molecule has 0 radical (unpaired) electrons. The van der Waals surface area contributed by atoms with E-state index in [1.807, 2.05) is 31.2 Å². The Kier molecular flexibility index (Phi) is 8.94. The molecule has 3 rings (SSSR count). The highest BCUT2D eigenvalue weighted by atomic mass is 32.2. The Morgan fingerprint density at radius 1 is 0.735 bits per heavy atom. The van der Waals surface area contributed by atoms with Crippen LogP contribution in [0, 0.1) is 13.8 Å². The highest BCUT2D eigenvalue weighted by Crippen LogP contribution is 2.33. The lowest BCUT2D eigenvalue weighted by Gasteiger charge is -2.13. The maximum Gasteiger partial charge on any atom is 0.295 e. The number of benzene rings is 3. The van der Waals surface area contributed by atoms with Crippen LogP contribution in [-0.2, 0) is 19.7 Å². The molecule has 3 aromatic carbocycles. The van der Waals surface area contributed by atoms with Gasteiger partial charge in [-0.25, -0.2) is 0 Å². The van der Waals surface area contributed by atoms with Crippen molar-refractivity contribution in [2.45, 2.75) is 32.6 Å². The van der Waals surface area contributed by atoms with Gasteiger partial charge in [-0.15, -0.1) is 0 Å². The Hall–Kier alpha value is -3.69. The van der Waals surface area contributed by atoms with Crippen molar-refractivity contribution in [1.29, 1.82) is 0 Å². The van der Waals surface area contributed by atoms with Crippen LogP contribution < -0.4 is 16.0 Å². The Bertz CT molecular complexity index is 1290.